The smallest absolute Gasteiger partial charge is 0.238 e. The Hall–Kier alpha value is -3.26. The predicted molar refractivity (Wildman–Crippen MR) is 169 cm³/mol. The van der Waals surface area contributed by atoms with Gasteiger partial charge in [0.2, 0.25) is 17.7 Å². The molecule has 1 fully saturated rings. The molecule has 2 aliphatic rings. The highest BCUT2D eigenvalue weighted by atomic mass is 32.2. The fourth-order valence-electron chi connectivity index (χ4n) is 6.72. The molecule has 0 spiro atoms. The molecule has 0 radical (unpaired) electrons. The minimum atomic E-state index is -1.55. The maximum Gasteiger partial charge on any atom is 0.238 e. The van der Waals surface area contributed by atoms with Crippen LogP contribution in [0.5, 0.6) is 5.88 Å². The monoisotopic (exact) mass is 588 g/mol. The molecular formula is C34H44N4O3S. The van der Waals surface area contributed by atoms with Crippen LogP contribution in [0.1, 0.15) is 63.1 Å². The summed E-state index contributed by atoms with van der Waals surface area (Å²) >= 11 is 0. The van der Waals surface area contributed by atoms with Gasteiger partial charge in [-0.25, -0.2) is 9.19 Å². The Morgan fingerprint density at radius 1 is 1.05 bits per heavy atom. The van der Waals surface area contributed by atoms with Gasteiger partial charge in [0.25, 0.3) is 0 Å². The molecule has 2 aromatic carbocycles. The number of likely N-dealkylation sites (tertiary alicyclic amines) is 1. The number of amides is 1. The van der Waals surface area contributed by atoms with Crippen LogP contribution < -0.4 is 9.46 Å². The molecule has 1 saturated heterocycles. The molecule has 3 unspecified atom stereocenters. The third-order valence-electron chi connectivity index (χ3n) is 8.65. The van der Waals surface area contributed by atoms with Crippen LogP contribution >= 0.6 is 0 Å². The molecule has 4 atom stereocenters. The minimum absolute atomic E-state index is 0.0438. The number of aryl methyl sites for hydroxylation is 3. The molecule has 3 aromatic rings. The van der Waals surface area contributed by atoms with E-state index in [1.54, 1.807) is 0 Å². The van der Waals surface area contributed by atoms with E-state index in [2.05, 4.69) is 62.5 Å². The summed E-state index contributed by atoms with van der Waals surface area (Å²) in [5.74, 6) is 1.20. The van der Waals surface area contributed by atoms with E-state index in [1.807, 2.05) is 42.3 Å². The second kappa shape index (κ2) is 12.5. The lowest BCUT2D eigenvalue weighted by atomic mass is 9.69. The molecule has 1 aromatic heterocycles. The molecule has 8 heteroatoms. The number of hydrogen-bond acceptors (Lipinski definition) is 5. The number of nitrogens with zero attached hydrogens (tertiary/aromatic N) is 3. The number of benzene rings is 2. The van der Waals surface area contributed by atoms with E-state index in [1.165, 1.54) is 0 Å². The Labute approximate surface area is 253 Å². The molecule has 4 bridgehead atoms. The average molecular weight is 589 g/mol. The highest BCUT2D eigenvalue weighted by molar-refractivity contribution is 7.86. The Bertz CT molecular complexity index is 1450. The Balaban J connectivity index is 1.61. The molecule has 7 nitrogen and oxygen atoms in total. The highest BCUT2D eigenvalue weighted by Gasteiger charge is 2.39. The van der Waals surface area contributed by atoms with Crippen LogP contribution in [-0.2, 0) is 22.2 Å². The van der Waals surface area contributed by atoms with Crippen LogP contribution in [0.15, 0.2) is 53.4 Å². The molecule has 2 aliphatic heterocycles. The lowest BCUT2D eigenvalue weighted by Gasteiger charge is -2.40. The number of nitrogens with one attached hydrogen (secondary N) is 1. The first-order chi connectivity index (χ1) is 20.0. The van der Waals surface area contributed by atoms with Crippen molar-refractivity contribution in [2.24, 2.45) is 23.2 Å². The normalized spacial score (nSPS) is 23.5. The quantitative estimate of drug-likeness (QED) is 0.366. The maximum absolute atomic E-state index is 13.6. The van der Waals surface area contributed by atoms with Crippen LogP contribution in [-0.4, -0.2) is 45.2 Å². The molecule has 224 valence electrons. The zero-order valence-electron chi connectivity index (χ0n) is 25.8. The van der Waals surface area contributed by atoms with Gasteiger partial charge in [0.1, 0.15) is 0 Å². The van der Waals surface area contributed by atoms with Gasteiger partial charge in [-0.2, -0.15) is 4.98 Å². The maximum atomic E-state index is 13.6. The van der Waals surface area contributed by atoms with Crippen LogP contribution in [0.25, 0.3) is 11.3 Å². The van der Waals surface area contributed by atoms with Crippen molar-refractivity contribution in [1.82, 2.24) is 14.9 Å². The Morgan fingerprint density at radius 3 is 2.52 bits per heavy atom. The van der Waals surface area contributed by atoms with E-state index >= 15 is 0 Å². The number of fused-ring (bicyclic) bond motifs is 4. The van der Waals surface area contributed by atoms with Gasteiger partial charge in [-0.15, -0.1) is 0 Å². The zero-order chi connectivity index (χ0) is 30.0. The van der Waals surface area contributed by atoms with Crippen LogP contribution in [0, 0.1) is 37.0 Å². The van der Waals surface area contributed by atoms with E-state index in [0.717, 1.165) is 66.6 Å². The molecule has 3 heterocycles. The number of hydrogen-bond donors (Lipinski definition) is 1. The van der Waals surface area contributed by atoms with Crippen molar-refractivity contribution in [2.45, 2.75) is 71.6 Å². The van der Waals surface area contributed by atoms with E-state index in [4.69, 9.17) is 9.72 Å². The fourth-order valence-corrected chi connectivity index (χ4v) is 7.56. The van der Waals surface area contributed by atoms with Gasteiger partial charge in [-0.3, -0.25) is 9.52 Å². The van der Waals surface area contributed by atoms with Crippen molar-refractivity contribution in [3.05, 3.63) is 65.2 Å². The van der Waals surface area contributed by atoms with E-state index in [0.29, 0.717) is 17.4 Å². The summed E-state index contributed by atoms with van der Waals surface area (Å²) in [4.78, 5) is 25.6. The van der Waals surface area contributed by atoms with Crippen molar-refractivity contribution in [3.8, 4) is 17.1 Å². The van der Waals surface area contributed by atoms with Crippen molar-refractivity contribution >= 4 is 22.8 Å². The second-order valence-corrected chi connectivity index (χ2v) is 14.5. The molecule has 42 heavy (non-hydrogen) atoms. The zero-order valence-corrected chi connectivity index (χ0v) is 26.6. The van der Waals surface area contributed by atoms with Gasteiger partial charge in [-0.05, 0) is 92.0 Å². The lowest BCUT2D eigenvalue weighted by molar-refractivity contribution is -0.140. The van der Waals surface area contributed by atoms with Gasteiger partial charge in [0.15, 0.2) is 11.0 Å². The summed E-state index contributed by atoms with van der Waals surface area (Å²) in [6.07, 6.45) is 4.51. The number of carbonyl (C=O) groups excluding carboxylic acids is 1. The minimum Gasteiger partial charge on any atom is -0.477 e. The molecule has 5 rings (SSSR count). The average Bonchev–Trinajstić information content (AvgIpc) is 2.92. The number of ether oxygens (including phenoxy) is 1. The molecule has 0 saturated carbocycles. The Morgan fingerprint density at radius 2 is 1.79 bits per heavy atom. The third-order valence-corrected chi connectivity index (χ3v) is 9.70. The van der Waals surface area contributed by atoms with Crippen LogP contribution in [0.3, 0.4) is 0 Å². The standard InChI is InChI=1S/C34H44N4O3S/c1-22-10-7-11-23(2)31(22)29-19-30-36-33(35-29)37-42(40)26-13-8-12-24(18-26)15-16-27(25(21-41-30)20-34(3,4)5)28-14-9-17-38(6)32(28)39/h7-8,10-13,18-19,25,27-28H,9,14-17,20-21H2,1-6H3,(H,35,36,37)/t25-,27?,28?,42?/m1/s1. The fraction of sp³-hybridized carbons (Fsp3) is 0.500. The van der Waals surface area contributed by atoms with E-state index < -0.39 is 11.0 Å². The number of piperidine rings is 1. The SMILES string of the molecule is Cc1cccc(C)c1-c1cc2nc(n1)NS(=O)c1cccc(c1)CCC(C1CCCN(C)C1=O)[C@H](CC(C)(C)C)CO2. The number of aromatic nitrogens is 2. The summed E-state index contributed by atoms with van der Waals surface area (Å²) in [6.45, 7) is 12.2. The summed E-state index contributed by atoms with van der Waals surface area (Å²) < 4.78 is 23.0. The first kappa shape index (κ1) is 30.2. The number of carbonyl (C=O) groups is 1. The third kappa shape index (κ3) is 7.02. The van der Waals surface area contributed by atoms with Gasteiger partial charge >= 0.3 is 0 Å². The summed E-state index contributed by atoms with van der Waals surface area (Å²) in [7, 11) is 0.374. The largest absolute Gasteiger partial charge is 0.477 e. The van der Waals surface area contributed by atoms with Crippen LogP contribution in [0.2, 0.25) is 0 Å². The molecule has 1 amide bonds. The van der Waals surface area contributed by atoms with Gasteiger partial charge in [0, 0.05) is 31.1 Å². The number of anilines is 1. The van der Waals surface area contributed by atoms with Gasteiger partial charge in [-0.1, -0.05) is 51.1 Å². The van der Waals surface area contributed by atoms with Crippen molar-refractivity contribution in [3.63, 3.8) is 0 Å². The summed E-state index contributed by atoms with van der Waals surface area (Å²) in [5.41, 5.74) is 5.10. The first-order valence-corrected chi connectivity index (χ1v) is 16.2. The molecule has 1 N–H and O–H groups in total. The van der Waals surface area contributed by atoms with Crippen molar-refractivity contribution in [1.29, 1.82) is 0 Å². The summed E-state index contributed by atoms with van der Waals surface area (Å²) in [5, 5.41) is 0. The Kier molecular flexibility index (Phi) is 9.02. The van der Waals surface area contributed by atoms with Gasteiger partial charge in [0.05, 0.1) is 17.2 Å². The predicted octanol–water partition coefficient (Wildman–Crippen LogP) is 6.76. The van der Waals surface area contributed by atoms with Crippen LogP contribution in [0.4, 0.5) is 5.95 Å². The highest BCUT2D eigenvalue weighted by Crippen LogP contribution is 2.40. The van der Waals surface area contributed by atoms with Crippen molar-refractivity contribution in [2.75, 3.05) is 24.9 Å². The second-order valence-electron chi connectivity index (χ2n) is 13.2. The first-order valence-electron chi connectivity index (χ1n) is 15.1. The molecule has 0 aliphatic carbocycles. The van der Waals surface area contributed by atoms with E-state index in [9.17, 15) is 9.00 Å². The molecular weight excluding hydrogens is 544 g/mol. The van der Waals surface area contributed by atoms with Gasteiger partial charge < -0.3 is 9.64 Å². The number of rotatable bonds is 3. The van der Waals surface area contributed by atoms with E-state index in [-0.39, 0.29) is 35.0 Å². The van der Waals surface area contributed by atoms with Crippen molar-refractivity contribution < 1.29 is 13.7 Å². The topological polar surface area (TPSA) is 84.4 Å². The lowest BCUT2D eigenvalue weighted by Crippen LogP contribution is -2.44. The summed E-state index contributed by atoms with van der Waals surface area (Å²) in [6, 6.07) is 16.0.